The highest BCUT2D eigenvalue weighted by molar-refractivity contribution is 4.85. The number of alkyl halides is 1. The van der Waals surface area contributed by atoms with E-state index in [9.17, 15) is 4.39 Å². The third kappa shape index (κ3) is 2.15. The van der Waals surface area contributed by atoms with E-state index in [-0.39, 0.29) is 0 Å². The molecule has 0 saturated carbocycles. The molecule has 1 saturated heterocycles. The van der Waals surface area contributed by atoms with Crippen molar-refractivity contribution in [3.8, 4) is 0 Å². The predicted octanol–water partition coefficient (Wildman–Crippen LogP) is 0.121. The lowest BCUT2D eigenvalue weighted by molar-refractivity contribution is -0.0496. The van der Waals surface area contributed by atoms with E-state index in [1.165, 1.54) is 0 Å². The fourth-order valence-electron chi connectivity index (χ4n) is 1.46. The molecule has 1 rings (SSSR count). The minimum atomic E-state index is -1.41. The average molecular weight is 177 g/mol. The number of nitrogens with zero attached hydrogens (tertiary/aromatic N) is 1. The Labute approximate surface area is 71.8 Å². The zero-order chi connectivity index (χ0) is 9.19. The molecule has 1 fully saturated rings. The summed E-state index contributed by atoms with van der Waals surface area (Å²) in [5.74, 6) is 0. The van der Waals surface area contributed by atoms with E-state index < -0.39 is 18.5 Å². The first-order chi connectivity index (χ1) is 5.57. The van der Waals surface area contributed by atoms with E-state index in [0.717, 1.165) is 0 Å². The molecule has 2 N–H and O–H groups in total. The monoisotopic (exact) mass is 177 g/mol. The molecule has 0 bridgehead atoms. The zero-order valence-corrected chi connectivity index (χ0v) is 7.33. The molecule has 1 atom stereocenters. The van der Waals surface area contributed by atoms with Gasteiger partial charge in [-0.05, 0) is 19.8 Å². The van der Waals surface area contributed by atoms with Crippen LogP contribution in [0, 0.1) is 0 Å². The summed E-state index contributed by atoms with van der Waals surface area (Å²) in [4.78, 5) is 1.80. The number of hydrogen-bond acceptors (Lipinski definition) is 3. The molecule has 72 valence electrons. The number of aliphatic hydroxyl groups is 2. The third-order valence-electron chi connectivity index (χ3n) is 2.51. The second kappa shape index (κ2) is 3.68. The highest BCUT2D eigenvalue weighted by Gasteiger charge is 2.34. The molecule has 1 aliphatic heterocycles. The van der Waals surface area contributed by atoms with Crippen molar-refractivity contribution in [2.75, 3.05) is 19.7 Å². The Morgan fingerprint density at radius 3 is 2.33 bits per heavy atom. The van der Waals surface area contributed by atoms with E-state index in [0.29, 0.717) is 25.9 Å². The summed E-state index contributed by atoms with van der Waals surface area (Å²) < 4.78 is 13.4. The van der Waals surface area contributed by atoms with Crippen molar-refractivity contribution in [1.82, 2.24) is 4.90 Å². The number of piperidine rings is 1. The van der Waals surface area contributed by atoms with Gasteiger partial charge in [0.15, 0.2) is 0 Å². The van der Waals surface area contributed by atoms with Crippen molar-refractivity contribution >= 4 is 0 Å². The number of likely N-dealkylation sites (tertiary alicyclic amines) is 1. The molecule has 0 spiro atoms. The van der Waals surface area contributed by atoms with Gasteiger partial charge >= 0.3 is 0 Å². The van der Waals surface area contributed by atoms with E-state index in [2.05, 4.69) is 0 Å². The van der Waals surface area contributed by atoms with Gasteiger partial charge in [-0.1, -0.05) is 0 Å². The number of aliphatic hydroxyl groups excluding tert-OH is 2. The standard InChI is InChI=1S/C8H16FNO2/c1-7(12)10-4-2-8(9,6-11)3-5-10/h7,11-12H,2-6H2,1H3. The Balaban J connectivity index is 2.39. The zero-order valence-electron chi connectivity index (χ0n) is 7.33. The van der Waals surface area contributed by atoms with Gasteiger partial charge in [-0.25, -0.2) is 4.39 Å². The van der Waals surface area contributed by atoms with Gasteiger partial charge in [-0.3, -0.25) is 4.90 Å². The summed E-state index contributed by atoms with van der Waals surface area (Å²) in [6.07, 6.45) is 0.122. The smallest absolute Gasteiger partial charge is 0.136 e. The van der Waals surface area contributed by atoms with Crippen LogP contribution in [0.4, 0.5) is 4.39 Å². The second-order valence-electron chi connectivity index (χ2n) is 3.48. The number of halogens is 1. The normalized spacial score (nSPS) is 27.0. The fraction of sp³-hybridized carbons (Fsp3) is 1.00. The predicted molar refractivity (Wildman–Crippen MR) is 43.4 cm³/mol. The van der Waals surface area contributed by atoms with Crippen molar-refractivity contribution in [3.63, 3.8) is 0 Å². The maximum atomic E-state index is 13.4. The fourth-order valence-corrected chi connectivity index (χ4v) is 1.46. The first-order valence-electron chi connectivity index (χ1n) is 4.29. The molecule has 0 aromatic heterocycles. The largest absolute Gasteiger partial charge is 0.393 e. The Bertz CT molecular complexity index is 144. The van der Waals surface area contributed by atoms with Crippen molar-refractivity contribution in [1.29, 1.82) is 0 Å². The minimum absolute atomic E-state index is 0.314. The Kier molecular flexibility index (Phi) is 3.04. The van der Waals surface area contributed by atoms with Gasteiger partial charge < -0.3 is 10.2 Å². The van der Waals surface area contributed by atoms with Crippen LogP contribution in [0.3, 0.4) is 0 Å². The molecule has 0 aromatic carbocycles. The minimum Gasteiger partial charge on any atom is -0.393 e. The van der Waals surface area contributed by atoms with E-state index in [4.69, 9.17) is 10.2 Å². The summed E-state index contributed by atoms with van der Waals surface area (Å²) in [6, 6.07) is 0. The summed E-state index contributed by atoms with van der Waals surface area (Å²) in [7, 11) is 0. The summed E-state index contributed by atoms with van der Waals surface area (Å²) in [5, 5.41) is 17.9. The number of rotatable bonds is 2. The lowest BCUT2D eigenvalue weighted by Crippen LogP contribution is -2.47. The highest BCUT2D eigenvalue weighted by Crippen LogP contribution is 2.26. The first kappa shape index (κ1) is 9.89. The third-order valence-corrected chi connectivity index (χ3v) is 2.51. The van der Waals surface area contributed by atoms with Crippen molar-refractivity contribution in [3.05, 3.63) is 0 Å². The van der Waals surface area contributed by atoms with Gasteiger partial charge in [0.1, 0.15) is 11.9 Å². The van der Waals surface area contributed by atoms with Gasteiger partial charge in [0.2, 0.25) is 0 Å². The molecule has 0 aliphatic carbocycles. The van der Waals surface area contributed by atoms with Crippen LogP contribution in [-0.4, -0.2) is 46.7 Å². The van der Waals surface area contributed by atoms with Gasteiger partial charge in [0, 0.05) is 13.1 Å². The van der Waals surface area contributed by atoms with E-state index >= 15 is 0 Å². The molecule has 0 aromatic rings. The molecule has 0 amide bonds. The van der Waals surface area contributed by atoms with Gasteiger partial charge in [-0.15, -0.1) is 0 Å². The lowest BCUT2D eigenvalue weighted by atomic mass is 9.94. The van der Waals surface area contributed by atoms with Crippen LogP contribution in [0.15, 0.2) is 0 Å². The Morgan fingerprint density at radius 2 is 2.00 bits per heavy atom. The topological polar surface area (TPSA) is 43.7 Å². The molecule has 0 radical (unpaired) electrons. The van der Waals surface area contributed by atoms with Gasteiger partial charge in [-0.2, -0.15) is 0 Å². The highest BCUT2D eigenvalue weighted by atomic mass is 19.1. The molecule has 1 aliphatic rings. The van der Waals surface area contributed by atoms with Crippen molar-refractivity contribution < 1.29 is 14.6 Å². The second-order valence-corrected chi connectivity index (χ2v) is 3.48. The van der Waals surface area contributed by atoms with Crippen LogP contribution >= 0.6 is 0 Å². The summed E-state index contributed by atoms with van der Waals surface area (Å²) in [5.41, 5.74) is -1.41. The van der Waals surface area contributed by atoms with E-state index in [1.807, 2.05) is 0 Å². The molecule has 1 unspecified atom stereocenters. The van der Waals surface area contributed by atoms with Gasteiger partial charge in [0.05, 0.1) is 6.61 Å². The van der Waals surface area contributed by atoms with Crippen LogP contribution < -0.4 is 0 Å². The lowest BCUT2D eigenvalue weighted by Gasteiger charge is -2.36. The maximum absolute atomic E-state index is 13.4. The molecule has 1 heterocycles. The summed E-state index contributed by atoms with van der Waals surface area (Å²) >= 11 is 0. The van der Waals surface area contributed by atoms with Crippen LogP contribution in [0.2, 0.25) is 0 Å². The van der Waals surface area contributed by atoms with Crippen LogP contribution in [0.1, 0.15) is 19.8 Å². The molecule has 12 heavy (non-hydrogen) atoms. The van der Waals surface area contributed by atoms with E-state index in [1.54, 1.807) is 11.8 Å². The van der Waals surface area contributed by atoms with Crippen molar-refractivity contribution in [2.24, 2.45) is 0 Å². The molecular weight excluding hydrogens is 161 g/mol. The van der Waals surface area contributed by atoms with Crippen molar-refractivity contribution in [2.45, 2.75) is 31.7 Å². The average Bonchev–Trinajstić information content (AvgIpc) is 2.05. The Morgan fingerprint density at radius 1 is 1.50 bits per heavy atom. The summed E-state index contributed by atoms with van der Waals surface area (Å²) in [6.45, 7) is 2.31. The number of hydrogen-bond donors (Lipinski definition) is 2. The molecule has 3 nitrogen and oxygen atoms in total. The SMILES string of the molecule is CC(O)N1CCC(F)(CO)CC1. The molecule has 4 heteroatoms. The van der Waals surface area contributed by atoms with Gasteiger partial charge in [0.25, 0.3) is 0 Å². The van der Waals surface area contributed by atoms with Crippen LogP contribution in [0.25, 0.3) is 0 Å². The van der Waals surface area contributed by atoms with Crippen LogP contribution in [0.5, 0.6) is 0 Å². The Hall–Kier alpha value is -0.190. The quantitative estimate of drug-likeness (QED) is 0.629. The van der Waals surface area contributed by atoms with Crippen LogP contribution in [-0.2, 0) is 0 Å². The molecular formula is C8H16FNO2. The maximum Gasteiger partial charge on any atom is 0.136 e. The first-order valence-corrected chi connectivity index (χ1v) is 4.29.